The maximum absolute atomic E-state index is 10.9. The molecule has 0 aliphatic carbocycles. The molecule has 0 amide bonds. The lowest BCUT2D eigenvalue weighted by Gasteiger charge is -2.10. The molecule has 0 fully saturated rings. The number of ether oxygens (including phenoxy) is 2. The lowest BCUT2D eigenvalue weighted by atomic mass is 10.1. The number of nitro groups is 1. The molecule has 0 saturated carbocycles. The predicted molar refractivity (Wildman–Crippen MR) is 92.8 cm³/mol. The Bertz CT molecular complexity index is 876. The molecule has 3 aromatic carbocycles. The fourth-order valence-corrected chi connectivity index (χ4v) is 2.56. The van der Waals surface area contributed by atoms with Crippen LogP contribution in [0.5, 0.6) is 11.5 Å². The number of methoxy groups -OCH3 is 1. The minimum Gasteiger partial charge on any atom is -0.493 e. The average Bonchev–Trinajstić information content (AvgIpc) is 2.61. The first kappa shape index (κ1) is 15.8. The Morgan fingerprint density at radius 2 is 1.75 bits per heavy atom. The molecular weight excluding hydrogens is 306 g/mol. The number of non-ortho nitro benzene ring substituents is 1. The first-order chi connectivity index (χ1) is 11.7. The van der Waals surface area contributed by atoms with Crippen molar-refractivity contribution in [2.75, 3.05) is 13.7 Å². The van der Waals surface area contributed by atoms with E-state index in [4.69, 9.17) is 9.47 Å². The van der Waals surface area contributed by atoms with Gasteiger partial charge in [0.25, 0.3) is 5.69 Å². The van der Waals surface area contributed by atoms with E-state index in [1.165, 1.54) is 30.0 Å². The molecule has 0 heterocycles. The summed E-state index contributed by atoms with van der Waals surface area (Å²) >= 11 is 0. The van der Waals surface area contributed by atoms with Crippen molar-refractivity contribution in [2.45, 2.75) is 6.42 Å². The molecule has 5 heteroatoms. The van der Waals surface area contributed by atoms with Crippen LogP contribution in [0.25, 0.3) is 10.8 Å². The van der Waals surface area contributed by atoms with E-state index >= 15 is 0 Å². The van der Waals surface area contributed by atoms with Crippen LogP contribution in [0.4, 0.5) is 5.69 Å². The smallest absolute Gasteiger partial charge is 0.273 e. The summed E-state index contributed by atoms with van der Waals surface area (Å²) in [4.78, 5) is 10.4. The van der Waals surface area contributed by atoms with Gasteiger partial charge in [-0.05, 0) is 22.4 Å². The molecule has 3 rings (SSSR count). The van der Waals surface area contributed by atoms with Crippen LogP contribution in [0.2, 0.25) is 0 Å². The summed E-state index contributed by atoms with van der Waals surface area (Å²) in [5.41, 5.74) is 1.13. The Kier molecular flexibility index (Phi) is 4.61. The van der Waals surface area contributed by atoms with Crippen molar-refractivity contribution in [3.8, 4) is 11.5 Å². The molecule has 122 valence electrons. The summed E-state index contributed by atoms with van der Waals surface area (Å²) in [5, 5.41) is 13.3. The van der Waals surface area contributed by atoms with Crippen molar-refractivity contribution in [2.24, 2.45) is 0 Å². The predicted octanol–water partition coefficient (Wildman–Crippen LogP) is 4.38. The lowest BCUT2D eigenvalue weighted by Crippen LogP contribution is -2.03. The zero-order chi connectivity index (χ0) is 16.9. The van der Waals surface area contributed by atoms with Gasteiger partial charge in [-0.15, -0.1) is 0 Å². The van der Waals surface area contributed by atoms with E-state index in [1.807, 2.05) is 12.1 Å². The number of fused-ring (bicyclic) bond motifs is 1. The van der Waals surface area contributed by atoms with Gasteiger partial charge in [-0.2, -0.15) is 0 Å². The van der Waals surface area contributed by atoms with Crippen LogP contribution >= 0.6 is 0 Å². The molecule has 0 saturated heterocycles. The molecule has 0 bridgehead atoms. The second-order valence-electron chi connectivity index (χ2n) is 5.37. The summed E-state index contributed by atoms with van der Waals surface area (Å²) < 4.78 is 10.9. The lowest BCUT2D eigenvalue weighted by molar-refractivity contribution is -0.385. The zero-order valence-corrected chi connectivity index (χ0v) is 13.3. The quantitative estimate of drug-likeness (QED) is 0.499. The van der Waals surface area contributed by atoms with E-state index in [-0.39, 0.29) is 5.69 Å². The fraction of sp³-hybridized carbons (Fsp3) is 0.158. The van der Waals surface area contributed by atoms with Crippen molar-refractivity contribution in [3.05, 3.63) is 76.3 Å². The highest BCUT2D eigenvalue weighted by Crippen LogP contribution is 2.31. The molecular formula is C19H17NO4. The highest BCUT2D eigenvalue weighted by atomic mass is 16.6. The summed E-state index contributed by atoms with van der Waals surface area (Å²) in [6.45, 7) is 0.413. The van der Waals surface area contributed by atoms with E-state index in [2.05, 4.69) is 30.3 Å². The molecule has 0 aromatic heterocycles. The van der Waals surface area contributed by atoms with Crippen LogP contribution < -0.4 is 9.47 Å². The fourth-order valence-electron chi connectivity index (χ4n) is 2.56. The third-order valence-electron chi connectivity index (χ3n) is 3.82. The molecule has 0 unspecified atom stereocenters. The summed E-state index contributed by atoms with van der Waals surface area (Å²) in [7, 11) is 1.51. The number of hydrogen-bond acceptors (Lipinski definition) is 4. The Hall–Kier alpha value is -3.08. The van der Waals surface area contributed by atoms with Gasteiger partial charge in [0.2, 0.25) is 0 Å². The Balaban J connectivity index is 1.70. The minimum atomic E-state index is -0.449. The molecule has 5 nitrogen and oxygen atoms in total. The first-order valence-corrected chi connectivity index (χ1v) is 7.60. The second kappa shape index (κ2) is 7.00. The van der Waals surface area contributed by atoms with Crippen LogP contribution in [-0.2, 0) is 6.42 Å². The highest BCUT2D eigenvalue weighted by Gasteiger charge is 2.12. The van der Waals surface area contributed by atoms with Gasteiger partial charge in [-0.25, -0.2) is 0 Å². The van der Waals surface area contributed by atoms with Gasteiger partial charge in [0.15, 0.2) is 11.5 Å². The van der Waals surface area contributed by atoms with Gasteiger partial charge >= 0.3 is 0 Å². The van der Waals surface area contributed by atoms with Gasteiger partial charge in [-0.1, -0.05) is 42.5 Å². The van der Waals surface area contributed by atoms with E-state index < -0.39 is 4.92 Å². The van der Waals surface area contributed by atoms with Gasteiger partial charge in [0.05, 0.1) is 24.7 Å². The van der Waals surface area contributed by atoms with Crippen LogP contribution in [0, 0.1) is 10.1 Å². The molecule has 0 aliphatic heterocycles. The number of nitro benzene ring substituents is 1. The largest absolute Gasteiger partial charge is 0.493 e. The Morgan fingerprint density at radius 1 is 0.958 bits per heavy atom. The number of hydrogen-bond donors (Lipinski definition) is 0. The van der Waals surface area contributed by atoms with Crippen molar-refractivity contribution in [1.82, 2.24) is 0 Å². The molecule has 0 radical (unpaired) electrons. The van der Waals surface area contributed by atoms with E-state index in [9.17, 15) is 10.1 Å². The molecule has 0 aliphatic rings. The Labute approximate surface area is 139 Å². The maximum atomic E-state index is 10.9. The van der Waals surface area contributed by atoms with Crippen LogP contribution in [0.3, 0.4) is 0 Å². The highest BCUT2D eigenvalue weighted by molar-refractivity contribution is 5.82. The van der Waals surface area contributed by atoms with Crippen molar-refractivity contribution >= 4 is 16.5 Å². The van der Waals surface area contributed by atoms with Crippen molar-refractivity contribution in [1.29, 1.82) is 0 Å². The van der Waals surface area contributed by atoms with Crippen LogP contribution in [0.1, 0.15) is 5.56 Å². The van der Waals surface area contributed by atoms with E-state index in [0.29, 0.717) is 24.5 Å². The van der Waals surface area contributed by atoms with Gasteiger partial charge in [0.1, 0.15) is 0 Å². The van der Waals surface area contributed by atoms with Gasteiger partial charge < -0.3 is 9.47 Å². The van der Waals surface area contributed by atoms with Gasteiger partial charge in [-0.3, -0.25) is 10.1 Å². The van der Waals surface area contributed by atoms with Crippen LogP contribution in [-0.4, -0.2) is 18.6 Å². The van der Waals surface area contributed by atoms with Gasteiger partial charge in [0, 0.05) is 12.5 Å². The van der Waals surface area contributed by atoms with Crippen LogP contribution in [0.15, 0.2) is 60.7 Å². The summed E-state index contributed by atoms with van der Waals surface area (Å²) in [6.07, 6.45) is 0.705. The molecule has 0 atom stereocenters. The average molecular weight is 323 g/mol. The van der Waals surface area contributed by atoms with E-state index in [1.54, 1.807) is 6.07 Å². The molecule has 3 aromatic rings. The van der Waals surface area contributed by atoms with Crippen molar-refractivity contribution < 1.29 is 14.4 Å². The minimum absolute atomic E-state index is 0.0171. The summed E-state index contributed by atoms with van der Waals surface area (Å²) in [5.74, 6) is 0.867. The normalized spacial score (nSPS) is 10.5. The first-order valence-electron chi connectivity index (χ1n) is 7.60. The monoisotopic (exact) mass is 323 g/mol. The van der Waals surface area contributed by atoms with Crippen molar-refractivity contribution in [3.63, 3.8) is 0 Å². The standard InChI is InChI=1S/C19H17NO4/c1-23-18-9-8-17(20(21)22)13-19(18)24-11-10-14-6-7-15-4-2-3-5-16(15)12-14/h2-9,12-13H,10-11H2,1H3. The maximum Gasteiger partial charge on any atom is 0.273 e. The molecule has 0 N–H and O–H groups in total. The summed E-state index contributed by atoms with van der Waals surface area (Å²) in [6, 6.07) is 18.8. The molecule has 0 spiro atoms. The SMILES string of the molecule is COc1ccc([N+](=O)[O-])cc1OCCc1ccc2ccccc2c1. The molecule has 24 heavy (non-hydrogen) atoms. The third-order valence-corrected chi connectivity index (χ3v) is 3.82. The Morgan fingerprint density at radius 3 is 2.50 bits per heavy atom. The third kappa shape index (κ3) is 3.46. The number of nitrogens with zero attached hydrogens (tertiary/aromatic N) is 1. The number of benzene rings is 3. The number of rotatable bonds is 6. The second-order valence-corrected chi connectivity index (χ2v) is 5.37. The van der Waals surface area contributed by atoms with E-state index in [0.717, 1.165) is 5.56 Å². The topological polar surface area (TPSA) is 61.6 Å². The zero-order valence-electron chi connectivity index (χ0n) is 13.3.